The van der Waals surface area contributed by atoms with Gasteiger partial charge in [0.05, 0.1) is 17.4 Å². The van der Waals surface area contributed by atoms with E-state index < -0.39 is 5.97 Å². The number of nitrogens with one attached hydrogen (secondary N) is 1. The van der Waals surface area contributed by atoms with Crippen LogP contribution >= 0.6 is 0 Å². The number of hydrogen-bond donors (Lipinski definition) is 1. The van der Waals surface area contributed by atoms with E-state index in [9.17, 15) is 9.59 Å². The van der Waals surface area contributed by atoms with E-state index in [4.69, 9.17) is 4.74 Å². The highest BCUT2D eigenvalue weighted by atomic mass is 16.5. The Bertz CT molecular complexity index is 1530. The van der Waals surface area contributed by atoms with E-state index in [-0.39, 0.29) is 18.3 Å². The van der Waals surface area contributed by atoms with Crippen LogP contribution in [0.1, 0.15) is 35.3 Å². The Morgan fingerprint density at radius 1 is 1.02 bits per heavy atom. The number of anilines is 1. The quantitative estimate of drug-likeness (QED) is 0.185. The molecule has 2 heterocycles. The second-order valence-corrected chi connectivity index (χ2v) is 10.7. The van der Waals surface area contributed by atoms with Crippen molar-refractivity contribution in [3.8, 4) is 22.4 Å². The molecule has 0 atom stereocenters. The van der Waals surface area contributed by atoms with Crippen molar-refractivity contribution < 1.29 is 14.3 Å². The summed E-state index contributed by atoms with van der Waals surface area (Å²) in [4.78, 5) is 37.4. The first-order chi connectivity index (χ1) is 19.1. The van der Waals surface area contributed by atoms with Crippen LogP contribution in [0.5, 0.6) is 0 Å². The average Bonchev–Trinajstić information content (AvgIpc) is 3.31. The van der Waals surface area contributed by atoms with Gasteiger partial charge in [-0.3, -0.25) is 4.79 Å². The molecule has 40 heavy (non-hydrogen) atoms. The number of ketones is 1. The van der Waals surface area contributed by atoms with E-state index in [0.717, 1.165) is 57.7 Å². The van der Waals surface area contributed by atoms with Gasteiger partial charge >= 0.3 is 5.97 Å². The zero-order valence-corrected chi connectivity index (χ0v) is 24.2. The molecule has 2 aromatic heterocycles. The van der Waals surface area contributed by atoms with Crippen LogP contribution in [-0.2, 0) is 16.0 Å². The summed E-state index contributed by atoms with van der Waals surface area (Å²) in [5, 5.41) is 0.810. The summed E-state index contributed by atoms with van der Waals surface area (Å²) in [6.45, 7) is 11.1. The lowest BCUT2D eigenvalue weighted by Gasteiger charge is -2.21. The van der Waals surface area contributed by atoms with Crippen molar-refractivity contribution >= 4 is 28.5 Å². The molecular weight excluding hydrogens is 500 g/mol. The van der Waals surface area contributed by atoms with Gasteiger partial charge in [0, 0.05) is 49.4 Å². The Labute approximate surface area is 236 Å². The van der Waals surface area contributed by atoms with Gasteiger partial charge in [0.2, 0.25) is 0 Å². The first-order valence-electron chi connectivity index (χ1n) is 13.5. The molecule has 1 N–H and O–H groups in total. The third-order valence-electron chi connectivity index (χ3n) is 6.94. The molecular formula is C33H38N4O3. The van der Waals surface area contributed by atoms with Crippen LogP contribution in [0.2, 0.25) is 0 Å². The fourth-order valence-corrected chi connectivity index (χ4v) is 4.62. The number of aromatic amines is 1. The normalized spacial score (nSPS) is 11.3. The third-order valence-corrected chi connectivity index (χ3v) is 6.94. The van der Waals surface area contributed by atoms with Crippen molar-refractivity contribution in [2.24, 2.45) is 0 Å². The number of carbonyl (C=O) groups is 2. The lowest BCUT2D eigenvalue weighted by atomic mass is 9.93. The Kier molecular flexibility index (Phi) is 8.85. The molecule has 0 aliphatic heterocycles. The number of hydrogen-bond acceptors (Lipinski definition) is 6. The Balaban J connectivity index is 1.85. The molecule has 0 saturated heterocycles. The number of aryl methyl sites for hydroxylation is 1. The standard InChI is InChI=1S/C33H38N4O3/c1-8-28(38)18-25-17-24(10-9-22(25)4)30-29-19-26(33(39)40-21(2)3)20-34-32(29)35-31(30)23-11-13-27(14-12-23)37(7)16-15-36(5)6/h8-14,17,19-21H,1,15-16,18H2,2-7H3,(H,34,35). The van der Waals surface area contributed by atoms with Crippen molar-refractivity contribution in [3.63, 3.8) is 0 Å². The average molecular weight is 539 g/mol. The highest BCUT2D eigenvalue weighted by Gasteiger charge is 2.20. The number of benzene rings is 2. The highest BCUT2D eigenvalue weighted by molar-refractivity contribution is 6.05. The van der Waals surface area contributed by atoms with Gasteiger partial charge in [0.15, 0.2) is 5.78 Å². The molecule has 7 heteroatoms. The maximum atomic E-state index is 12.7. The second kappa shape index (κ2) is 12.3. The number of H-pyrrole nitrogens is 1. The number of pyridine rings is 1. The SMILES string of the molecule is C=CC(=O)Cc1cc(-c2c(-c3ccc(N(C)CCN(C)C)cc3)[nH]c3ncc(C(=O)OC(C)C)cc23)ccc1C. The summed E-state index contributed by atoms with van der Waals surface area (Å²) in [5.41, 5.74) is 7.89. The number of fused-ring (bicyclic) bond motifs is 1. The van der Waals surface area contributed by atoms with Gasteiger partial charge in [-0.1, -0.05) is 36.9 Å². The molecule has 7 nitrogen and oxygen atoms in total. The van der Waals surface area contributed by atoms with Crippen LogP contribution in [0.15, 0.2) is 67.4 Å². The molecule has 0 spiro atoms. The van der Waals surface area contributed by atoms with Crippen molar-refractivity contribution in [2.75, 3.05) is 39.1 Å². The predicted molar refractivity (Wildman–Crippen MR) is 163 cm³/mol. The predicted octanol–water partition coefficient (Wildman–Crippen LogP) is 6.07. The lowest BCUT2D eigenvalue weighted by Crippen LogP contribution is -2.28. The monoisotopic (exact) mass is 538 g/mol. The maximum Gasteiger partial charge on any atom is 0.339 e. The Hall–Kier alpha value is -4.23. The summed E-state index contributed by atoms with van der Waals surface area (Å²) in [6.07, 6.45) is 2.94. The van der Waals surface area contributed by atoms with Crippen LogP contribution in [0, 0.1) is 6.92 Å². The maximum absolute atomic E-state index is 12.7. The second-order valence-electron chi connectivity index (χ2n) is 10.7. The van der Waals surface area contributed by atoms with Gasteiger partial charge in [0.1, 0.15) is 5.65 Å². The first-order valence-corrected chi connectivity index (χ1v) is 13.5. The number of ether oxygens (including phenoxy) is 1. The molecule has 0 fully saturated rings. The molecule has 0 amide bonds. The summed E-state index contributed by atoms with van der Waals surface area (Å²) in [6, 6.07) is 16.4. The lowest BCUT2D eigenvalue weighted by molar-refractivity contribution is -0.114. The van der Waals surface area contributed by atoms with E-state index in [1.807, 2.05) is 45.0 Å². The summed E-state index contributed by atoms with van der Waals surface area (Å²) >= 11 is 0. The van der Waals surface area contributed by atoms with Crippen LogP contribution < -0.4 is 4.90 Å². The molecule has 0 radical (unpaired) electrons. The van der Waals surface area contributed by atoms with E-state index in [0.29, 0.717) is 11.2 Å². The smallest absolute Gasteiger partial charge is 0.339 e. The van der Waals surface area contributed by atoms with Gasteiger partial charge in [-0.25, -0.2) is 9.78 Å². The van der Waals surface area contributed by atoms with Crippen LogP contribution in [0.25, 0.3) is 33.4 Å². The molecule has 4 rings (SSSR count). The zero-order chi connectivity index (χ0) is 29.0. The molecule has 0 aliphatic carbocycles. The number of esters is 1. The highest BCUT2D eigenvalue weighted by Crippen LogP contribution is 2.39. The van der Waals surface area contributed by atoms with E-state index in [2.05, 4.69) is 71.8 Å². The fraction of sp³-hybridized carbons (Fsp3) is 0.303. The number of carbonyl (C=O) groups excluding carboxylic acids is 2. The number of aromatic nitrogens is 2. The van der Waals surface area contributed by atoms with Gasteiger partial charge < -0.3 is 19.5 Å². The minimum atomic E-state index is -0.413. The molecule has 0 saturated carbocycles. The molecule has 208 valence electrons. The van der Waals surface area contributed by atoms with Gasteiger partial charge in [-0.05, 0) is 81.4 Å². The Morgan fingerprint density at radius 3 is 2.38 bits per heavy atom. The van der Waals surface area contributed by atoms with Crippen molar-refractivity contribution in [1.29, 1.82) is 0 Å². The van der Waals surface area contributed by atoms with Gasteiger partial charge in [0.25, 0.3) is 0 Å². The number of likely N-dealkylation sites (N-methyl/N-ethyl adjacent to an activating group) is 2. The summed E-state index contributed by atoms with van der Waals surface area (Å²) in [5.74, 6) is -0.446. The van der Waals surface area contributed by atoms with Crippen LogP contribution in [-0.4, -0.2) is 67.0 Å². The summed E-state index contributed by atoms with van der Waals surface area (Å²) < 4.78 is 5.44. The Morgan fingerprint density at radius 2 is 1.73 bits per heavy atom. The fourth-order valence-electron chi connectivity index (χ4n) is 4.62. The van der Waals surface area contributed by atoms with E-state index in [1.54, 1.807) is 6.20 Å². The molecule has 2 aromatic carbocycles. The third kappa shape index (κ3) is 6.49. The molecule has 4 aromatic rings. The van der Waals surface area contributed by atoms with Gasteiger partial charge in [-0.15, -0.1) is 0 Å². The number of rotatable bonds is 11. The topological polar surface area (TPSA) is 78.5 Å². The largest absolute Gasteiger partial charge is 0.459 e. The minimum Gasteiger partial charge on any atom is -0.459 e. The van der Waals surface area contributed by atoms with Crippen LogP contribution in [0.4, 0.5) is 5.69 Å². The number of allylic oxidation sites excluding steroid dienone is 1. The van der Waals surface area contributed by atoms with Gasteiger partial charge in [-0.2, -0.15) is 0 Å². The van der Waals surface area contributed by atoms with Crippen molar-refractivity contribution in [1.82, 2.24) is 14.9 Å². The summed E-state index contributed by atoms with van der Waals surface area (Å²) in [7, 11) is 6.23. The molecule has 0 bridgehead atoms. The minimum absolute atomic E-state index is 0.0336. The zero-order valence-electron chi connectivity index (χ0n) is 24.2. The van der Waals surface area contributed by atoms with E-state index in [1.165, 1.54) is 6.08 Å². The number of nitrogens with zero attached hydrogens (tertiary/aromatic N) is 3. The first kappa shape index (κ1) is 28.8. The molecule has 0 aliphatic rings. The molecule has 0 unspecified atom stereocenters. The van der Waals surface area contributed by atoms with E-state index >= 15 is 0 Å². The van der Waals surface area contributed by atoms with Crippen molar-refractivity contribution in [3.05, 3.63) is 84.1 Å². The van der Waals surface area contributed by atoms with Crippen molar-refractivity contribution in [2.45, 2.75) is 33.3 Å². The van der Waals surface area contributed by atoms with Crippen LogP contribution in [0.3, 0.4) is 0 Å².